The first-order valence-electron chi connectivity index (χ1n) is 20.3. The molecule has 14 heteroatoms. The number of Topliss-reactive ketones (excluding diaryl/α,β-unsaturated/α-hetero) is 1. The third-order valence-electron chi connectivity index (χ3n) is 11.1. The lowest BCUT2D eigenvalue weighted by Gasteiger charge is -2.39. The summed E-state index contributed by atoms with van der Waals surface area (Å²) in [4.78, 5) is 48.8. The van der Waals surface area contributed by atoms with E-state index >= 15 is 0 Å². The van der Waals surface area contributed by atoms with E-state index in [4.69, 9.17) is 20.6 Å². The van der Waals surface area contributed by atoms with E-state index in [-0.39, 0.29) is 34.4 Å². The van der Waals surface area contributed by atoms with Crippen LogP contribution in [-0.4, -0.2) is 79.8 Å². The highest BCUT2D eigenvalue weighted by Crippen LogP contribution is 2.41. The number of para-hydroxylation sites is 2. The Hall–Kier alpha value is -7.22. The Labute approximate surface area is 363 Å². The zero-order valence-corrected chi connectivity index (χ0v) is 35.8. The van der Waals surface area contributed by atoms with Gasteiger partial charge in [0.1, 0.15) is 11.5 Å². The van der Waals surface area contributed by atoms with E-state index in [2.05, 4.69) is 56.3 Å². The van der Waals surface area contributed by atoms with Gasteiger partial charge in [-0.05, 0) is 73.1 Å². The minimum Gasteiger partial charge on any atom is -0.496 e. The molecule has 5 aromatic rings. The summed E-state index contributed by atoms with van der Waals surface area (Å²) in [5.74, 6) is 0.953. The number of rotatable bonds is 11. The van der Waals surface area contributed by atoms with E-state index in [1.165, 1.54) is 5.56 Å². The highest BCUT2D eigenvalue weighted by Gasteiger charge is 2.40. The predicted octanol–water partition coefficient (Wildman–Crippen LogP) is 5.32. The third-order valence-corrected chi connectivity index (χ3v) is 11.1. The Morgan fingerprint density at radius 1 is 0.742 bits per heavy atom. The van der Waals surface area contributed by atoms with Gasteiger partial charge in [-0.2, -0.15) is 0 Å². The molecule has 2 amide bonds. The average molecular weight is 840 g/mol. The number of aromatic nitrogens is 2. The van der Waals surface area contributed by atoms with Gasteiger partial charge in [0.05, 0.1) is 25.3 Å². The number of amides is 2. The van der Waals surface area contributed by atoms with Gasteiger partial charge in [-0.25, -0.2) is 9.97 Å². The number of allylic oxidation sites excluding steroid dienone is 1. The number of hydrogen-bond donors (Lipinski definition) is 6. The Morgan fingerprint density at radius 2 is 1.19 bits per heavy atom. The van der Waals surface area contributed by atoms with Crippen molar-refractivity contribution in [2.45, 2.75) is 49.4 Å². The summed E-state index contributed by atoms with van der Waals surface area (Å²) < 4.78 is 10.7. The minimum absolute atomic E-state index is 0.142. The molecule has 4 aromatic carbocycles. The molecule has 1 aromatic heterocycles. The van der Waals surface area contributed by atoms with Crippen LogP contribution in [0, 0.1) is 5.41 Å². The van der Waals surface area contributed by atoms with Crippen molar-refractivity contribution in [1.29, 1.82) is 5.41 Å². The second-order valence-corrected chi connectivity index (χ2v) is 15.6. The van der Waals surface area contributed by atoms with E-state index in [0.717, 1.165) is 41.7 Å². The van der Waals surface area contributed by atoms with Crippen LogP contribution in [0.1, 0.15) is 68.8 Å². The summed E-state index contributed by atoms with van der Waals surface area (Å²) in [6, 6.07) is 34.9. The number of anilines is 1. The molecule has 7 rings (SSSR count). The first-order valence-corrected chi connectivity index (χ1v) is 20.3. The van der Waals surface area contributed by atoms with Gasteiger partial charge in [0, 0.05) is 68.1 Å². The lowest BCUT2D eigenvalue weighted by atomic mass is 9.67. The maximum absolute atomic E-state index is 12.9. The maximum Gasteiger partial charge on any atom is 0.255 e. The zero-order chi connectivity index (χ0) is 44.7. The van der Waals surface area contributed by atoms with Crippen molar-refractivity contribution in [1.82, 2.24) is 25.5 Å². The van der Waals surface area contributed by atoms with Gasteiger partial charge in [0.25, 0.3) is 11.8 Å². The minimum atomic E-state index is -0.333. The topological polar surface area (TPSA) is 225 Å². The van der Waals surface area contributed by atoms with Crippen LogP contribution in [-0.2, 0) is 28.5 Å². The maximum atomic E-state index is 12.9. The van der Waals surface area contributed by atoms with Gasteiger partial charge in [0.15, 0.2) is 11.7 Å². The number of nitrogens with zero attached hydrogens (tertiary/aromatic N) is 3. The highest BCUT2D eigenvalue weighted by atomic mass is 16.5. The molecule has 0 bridgehead atoms. The summed E-state index contributed by atoms with van der Waals surface area (Å²) in [5, 5.41) is 12.3. The molecule has 2 aliphatic carbocycles. The van der Waals surface area contributed by atoms with Crippen LogP contribution in [0.2, 0.25) is 0 Å². The van der Waals surface area contributed by atoms with Crippen molar-refractivity contribution in [3.63, 3.8) is 0 Å². The van der Waals surface area contributed by atoms with Gasteiger partial charge >= 0.3 is 0 Å². The van der Waals surface area contributed by atoms with E-state index in [9.17, 15) is 14.4 Å². The Balaban J connectivity index is 0.000000216. The van der Waals surface area contributed by atoms with Crippen molar-refractivity contribution in [3.8, 4) is 11.5 Å². The number of guanidine groups is 1. The summed E-state index contributed by atoms with van der Waals surface area (Å²) in [6.45, 7) is 0.962. The number of fused-ring (bicyclic) bond motifs is 1. The zero-order valence-electron chi connectivity index (χ0n) is 35.8. The standard InChI is InChI=1S/C24H28N2O3.C23H24N4O2.CH5N3/c1-26(2)16-18-15-24(14-13-21(18)27,19-9-5-4-6-10-19)17-25-23(28)20-11-7-8-12-22(20)29-3;1-29-20-10-6-5-9-18(20)21(28)26-15-23(17-7-3-2-4-8-17)12-11-19-16(13-23)14-25-22(24)27-19;2-1(3)4/h4-12,16H,13-15,17H2,1-3H3,(H,25,28);2-10,14H,11-13,15H2,1H3,(H,26,28)(H2,24,25,27);(H5,2,3,4)/b18-16-;;. The molecular formula is C48H57N9O5. The molecule has 0 saturated heterocycles. The number of ketones is 1. The molecule has 1 fully saturated rings. The second-order valence-electron chi connectivity index (χ2n) is 15.6. The number of carbonyl (C=O) groups is 3. The number of ether oxygens (including phenoxy) is 2. The van der Waals surface area contributed by atoms with Crippen LogP contribution >= 0.6 is 0 Å². The van der Waals surface area contributed by atoms with Crippen molar-refractivity contribution in [2.75, 3.05) is 47.1 Å². The molecule has 0 radical (unpaired) electrons. The van der Waals surface area contributed by atoms with E-state index in [0.29, 0.717) is 60.9 Å². The Kier molecular flexibility index (Phi) is 15.8. The molecule has 1 saturated carbocycles. The highest BCUT2D eigenvalue weighted by molar-refractivity contribution is 5.98. The average Bonchev–Trinajstić information content (AvgIpc) is 3.29. The SMILES string of the molecule is COc1ccccc1C(=O)NCC1(c2ccccc2)CCC(=O)/C(=C\N(C)C)C1.COc1ccccc1C(=O)NCC1(c2ccccc2)CCc2nc(N)ncc2C1.N=C(N)N. The van der Waals surface area contributed by atoms with Crippen LogP contribution in [0.3, 0.4) is 0 Å². The van der Waals surface area contributed by atoms with Gasteiger partial charge in [-0.3, -0.25) is 19.8 Å². The number of nitrogens with two attached hydrogens (primary N) is 3. The fraction of sp³-hybridized carbons (Fsp3) is 0.292. The van der Waals surface area contributed by atoms with Crippen LogP contribution in [0.4, 0.5) is 5.95 Å². The fourth-order valence-corrected chi connectivity index (χ4v) is 8.06. The van der Waals surface area contributed by atoms with E-state index in [1.807, 2.05) is 92.1 Å². The number of hydrogen-bond acceptors (Lipinski definition) is 10. The summed E-state index contributed by atoms with van der Waals surface area (Å²) >= 11 is 0. The number of carbonyl (C=O) groups excluding carboxylic acids is 3. The first-order chi connectivity index (χ1) is 29.8. The Bertz CT molecular complexity index is 2350. The molecule has 9 N–H and O–H groups in total. The number of nitrogen functional groups attached to an aromatic ring is 1. The lowest BCUT2D eigenvalue weighted by molar-refractivity contribution is -0.117. The molecule has 14 nitrogen and oxygen atoms in total. The molecular weight excluding hydrogens is 783 g/mol. The van der Waals surface area contributed by atoms with Crippen molar-refractivity contribution in [3.05, 3.63) is 161 Å². The quantitative estimate of drug-likeness (QED) is 0.0567. The Morgan fingerprint density at radius 3 is 1.68 bits per heavy atom. The number of nitrogens with one attached hydrogen (secondary N) is 3. The lowest BCUT2D eigenvalue weighted by Crippen LogP contribution is -2.45. The second kappa shape index (κ2) is 21.3. The molecule has 62 heavy (non-hydrogen) atoms. The van der Waals surface area contributed by atoms with Crippen LogP contribution < -0.4 is 37.3 Å². The summed E-state index contributed by atoms with van der Waals surface area (Å²) in [5.41, 5.74) is 20.4. The van der Waals surface area contributed by atoms with Crippen molar-refractivity contribution >= 4 is 29.5 Å². The molecule has 2 unspecified atom stereocenters. The predicted molar refractivity (Wildman–Crippen MR) is 242 cm³/mol. The molecule has 0 aliphatic heterocycles. The molecule has 1 heterocycles. The van der Waals surface area contributed by atoms with E-state index < -0.39 is 0 Å². The summed E-state index contributed by atoms with van der Waals surface area (Å²) in [7, 11) is 6.97. The van der Waals surface area contributed by atoms with Crippen molar-refractivity contribution < 1.29 is 23.9 Å². The van der Waals surface area contributed by atoms with Gasteiger partial charge < -0.3 is 42.2 Å². The van der Waals surface area contributed by atoms with Gasteiger partial charge in [-0.1, -0.05) is 84.9 Å². The number of benzene rings is 4. The van der Waals surface area contributed by atoms with Crippen LogP contribution in [0.5, 0.6) is 11.5 Å². The molecule has 2 atom stereocenters. The van der Waals surface area contributed by atoms with E-state index in [1.54, 1.807) is 38.5 Å². The number of aryl methyl sites for hydroxylation is 1. The van der Waals surface area contributed by atoms with Crippen LogP contribution in [0.15, 0.2) is 127 Å². The smallest absolute Gasteiger partial charge is 0.255 e. The van der Waals surface area contributed by atoms with Gasteiger partial charge in [0.2, 0.25) is 5.95 Å². The summed E-state index contributed by atoms with van der Waals surface area (Å²) in [6.07, 6.45) is 7.90. The molecule has 0 spiro atoms. The third kappa shape index (κ3) is 11.7. The largest absolute Gasteiger partial charge is 0.496 e. The monoisotopic (exact) mass is 839 g/mol. The van der Waals surface area contributed by atoms with Gasteiger partial charge in [-0.15, -0.1) is 0 Å². The first kappa shape index (κ1) is 45.9. The molecule has 324 valence electrons. The fourth-order valence-electron chi connectivity index (χ4n) is 8.06. The van der Waals surface area contributed by atoms with Crippen LogP contribution in [0.25, 0.3) is 0 Å². The number of methoxy groups -OCH3 is 2. The normalized spacial score (nSPS) is 18.3. The molecule has 2 aliphatic rings. The van der Waals surface area contributed by atoms with Crippen molar-refractivity contribution in [2.24, 2.45) is 11.5 Å².